The van der Waals surface area contributed by atoms with Gasteiger partial charge in [0.1, 0.15) is 11.6 Å². The Balaban J connectivity index is 2.14. The van der Waals surface area contributed by atoms with Crippen LogP contribution in [0.1, 0.15) is 22.3 Å². The number of rotatable bonds is 3. The van der Waals surface area contributed by atoms with Gasteiger partial charge in [-0.15, -0.1) is 0 Å². The molecule has 0 atom stereocenters. The number of benzene rings is 2. The van der Waals surface area contributed by atoms with E-state index in [0.29, 0.717) is 17.9 Å². The molecule has 2 aromatic carbocycles. The molecule has 0 spiro atoms. The van der Waals surface area contributed by atoms with E-state index in [9.17, 15) is 9.50 Å². The molecule has 2 rings (SSSR count). The van der Waals surface area contributed by atoms with Gasteiger partial charge in [-0.2, -0.15) is 0 Å². The van der Waals surface area contributed by atoms with E-state index in [0.717, 1.165) is 22.4 Å². The normalized spacial score (nSPS) is 10.5. The van der Waals surface area contributed by atoms with Crippen LogP contribution in [0.3, 0.4) is 0 Å². The molecule has 0 unspecified atom stereocenters. The summed E-state index contributed by atoms with van der Waals surface area (Å²) in [7, 11) is 0. The molecule has 2 aromatic rings. The number of anilines is 1. The average molecular weight is 259 g/mol. The van der Waals surface area contributed by atoms with Crippen LogP contribution in [-0.2, 0) is 6.54 Å². The van der Waals surface area contributed by atoms with Crippen molar-refractivity contribution in [1.29, 1.82) is 0 Å². The van der Waals surface area contributed by atoms with Crippen LogP contribution < -0.4 is 5.32 Å². The Morgan fingerprint density at radius 1 is 1.05 bits per heavy atom. The van der Waals surface area contributed by atoms with Crippen LogP contribution in [-0.4, -0.2) is 5.11 Å². The smallest absolute Gasteiger partial charge is 0.126 e. The van der Waals surface area contributed by atoms with Gasteiger partial charge in [0.25, 0.3) is 0 Å². The molecule has 2 nitrogen and oxygen atoms in total. The SMILES string of the molecule is Cc1ccc(CNc2ccc(C)c(O)c2C)cc1F. The molecule has 0 aliphatic heterocycles. The van der Waals surface area contributed by atoms with Gasteiger partial charge in [-0.3, -0.25) is 0 Å². The van der Waals surface area contributed by atoms with Gasteiger partial charge in [0.2, 0.25) is 0 Å². The summed E-state index contributed by atoms with van der Waals surface area (Å²) in [5.41, 5.74) is 4.05. The molecular weight excluding hydrogens is 241 g/mol. The van der Waals surface area contributed by atoms with Gasteiger partial charge < -0.3 is 10.4 Å². The summed E-state index contributed by atoms with van der Waals surface area (Å²) in [4.78, 5) is 0. The topological polar surface area (TPSA) is 32.3 Å². The summed E-state index contributed by atoms with van der Waals surface area (Å²) in [6, 6.07) is 8.99. The second kappa shape index (κ2) is 5.31. The first-order valence-corrected chi connectivity index (χ1v) is 6.27. The van der Waals surface area contributed by atoms with Gasteiger partial charge in [-0.05, 0) is 49.6 Å². The van der Waals surface area contributed by atoms with Crippen molar-refractivity contribution < 1.29 is 9.50 Å². The van der Waals surface area contributed by atoms with E-state index in [4.69, 9.17) is 0 Å². The van der Waals surface area contributed by atoms with Crippen molar-refractivity contribution in [3.05, 3.63) is 58.4 Å². The van der Waals surface area contributed by atoms with Gasteiger partial charge in [-0.25, -0.2) is 4.39 Å². The van der Waals surface area contributed by atoms with Crippen LogP contribution in [0.5, 0.6) is 5.75 Å². The minimum atomic E-state index is -0.192. The summed E-state index contributed by atoms with van der Waals surface area (Å²) in [6.07, 6.45) is 0. The predicted molar refractivity (Wildman–Crippen MR) is 76.0 cm³/mol. The van der Waals surface area contributed by atoms with Crippen LogP contribution >= 0.6 is 0 Å². The van der Waals surface area contributed by atoms with E-state index in [1.165, 1.54) is 6.07 Å². The maximum atomic E-state index is 13.4. The fourth-order valence-electron chi connectivity index (χ4n) is 1.97. The Hall–Kier alpha value is -2.03. The third-order valence-corrected chi connectivity index (χ3v) is 3.35. The minimum Gasteiger partial charge on any atom is -0.507 e. The molecule has 3 heteroatoms. The lowest BCUT2D eigenvalue weighted by molar-refractivity contribution is 0.467. The molecule has 2 N–H and O–H groups in total. The molecule has 0 saturated carbocycles. The van der Waals surface area contributed by atoms with E-state index in [1.807, 2.05) is 32.0 Å². The third-order valence-electron chi connectivity index (χ3n) is 3.35. The lowest BCUT2D eigenvalue weighted by Gasteiger charge is -2.12. The molecule has 0 aliphatic rings. The number of hydrogen-bond donors (Lipinski definition) is 2. The van der Waals surface area contributed by atoms with Crippen molar-refractivity contribution in [2.24, 2.45) is 0 Å². The molecule has 0 amide bonds. The molecule has 0 bridgehead atoms. The molecule has 0 heterocycles. The van der Waals surface area contributed by atoms with Gasteiger partial charge in [-0.1, -0.05) is 18.2 Å². The summed E-state index contributed by atoms with van der Waals surface area (Å²) in [5.74, 6) is 0.114. The first-order valence-electron chi connectivity index (χ1n) is 6.27. The fourth-order valence-corrected chi connectivity index (χ4v) is 1.97. The highest BCUT2D eigenvalue weighted by Crippen LogP contribution is 2.28. The van der Waals surface area contributed by atoms with E-state index in [-0.39, 0.29) is 5.82 Å². The average Bonchev–Trinajstić information content (AvgIpc) is 2.39. The highest BCUT2D eigenvalue weighted by Gasteiger charge is 2.06. The number of halogens is 1. The zero-order valence-electron chi connectivity index (χ0n) is 11.4. The summed E-state index contributed by atoms with van der Waals surface area (Å²) in [6.45, 7) is 6.00. The van der Waals surface area contributed by atoms with Crippen molar-refractivity contribution in [2.75, 3.05) is 5.32 Å². The van der Waals surface area contributed by atoms with E-state index in [2.05, 4.69) is 5.32 Å². The van der Waals surface area contributed by atoms with Crippen LogP contribution in [0, 0.1) is 26.6 Å². The van der Waals surface area contributed by atoms with Gasteiger partial charge in [0.05, 0.1) is 0 Å². The number of aromatic hydroxyl groups is 1. The minimum absolute atomic E-state index is 0.192. The van der Waals surface area contributed by atoms with E-state index >= 15 is 0 Å². The maximum absolute atomic E-state index is 13.4. The zero-order valence-corrected chi connectivity index (χ0v) is 11.4. The Kier molecular flexibility index (Phi) is 3.74. The zero-order chi connectivity index (χ0) is 14.0. The molecule has 100 valence electrons. The lowest BCUT2D eigenvalue weighted by atomic mass is 10.1. The number of aryl methyl sites for hydroxylation is 2. The monoisotopic (exact) mass is 259 g/mol. The van der Waals surface area contributed by atoms with Crippen LogP contribution in [0.2, 0.25) is 0 Å². The standard InChI is InChI=1S/C16H18FNO/c1-10-4-6-13(8-14(10)17)9-18-15-7-5-11(2)16(19)12(15)3/h4-8,18-19H,9H2,1-3H3. The molecule has 0 aliphatic carbocycles. The highest BCUT2D eigenvalue weighted by atomic mass is 19.1. The molecule has 0 radical (unpaired) electrons. The predicted octanol–water partition coefficient (Wildman–Crippen LogP) is 4.07. The number of hydrogen-bond acceptors (Lipinski definition) is 2. The van der Waals surface area contributed by atoms with E-state index in [1.54, 1.807) is 13.0 Å². The van der Waals surface area contributed by atoms with Crippen molar-refractivity contribution in [3.63, 3.8) is 0 Å². The Morgan fingerprint density at radius 2 is 1.74 bits per heavy atom. The third kappa shape index (κ3) is 2.87. The Bertz CT molecular complexity index is 608. The molecular formula is C16H18FNO. The van der Waals surface area contributed by atoms with Crippen LogP contribution in [0.4, 0.5) is 10.1 Å². The molecule has 0 saturated heterocycles. The van der Waals surface area contributed by atoms with Gasteiger partial charge in [0, 0.05) is 17.8 Å². The van der Waals surface area contributed by atoms with Crippen molar-refractivity contribution in [1.82, 2.24) is 0 Å². The largest absolute Gasteiger partial charge is 0.507 e. The van der Waals surface area contributed by atoms with Crippen molar-refractivity contribution in [2.45, 2.75) is 27.3 Å². The van der Waals surface area contributed by atoms with Crippen molar-refractivity contribution in [3.8, 4) is 5.75 Å². The first kappa shape index (κ1) is 13.4. The van der Waals surface area contributed by atoms with Crippen molar-refractivity contribution >= 4 is 5.69 Å². The van der Waals surface area contributed by atoms with Gasteiger partial charge >= 0.3 is 0 Å². The summed E-state index contributed by atoms with van der Waals surface area (Å²) in [5, 5.41) is 13.1. The number of phenolic OH excluding ortho intramolecular Hbond substituents is 1. The van der Waals surface area contributed by atoms with Crippen LogP contribution in [0.15, 0.2) is 30.3 Å². The molecule has 19 heavy (non-hydrogen) atoms. The quantitative estimate of drug-likeness (QED) is 0.871. The second-order valence-electron chi connectivity index (χ2n) is 4.84. The lowest BCUT2D eigenvalue weighted by Crippen LogP contribution is -2.02. The molecule has 0 fully saturated rings. The first-order chi connectivity index (χ1) is 8.99. The second-order valence-corrected chi connectivity index (χ2v) is 4.84. The van der Waals surface area contributed by atoms with Gasteiger partial charge in [0.15, 0.2) is 0 Å². The fraction of sp³-hybridized carbons (Fsp3) is 0.250. The Labute approximate surface area is 112 Å². The van der Waals surface area contributed by atoms with E-state index < -0.39 is 0 Å². The van der Waals surface area contributed by atoms with Crippen LogP contribution in [0.25, 0.3) is 0 Å². The number of nitrogens with one attached hydrogen (secondary N) is 1. The maximum Gasteiger partial charge on any atom is 0.126 e. The summed E-state index contributed by atoms with van der Waals surface area (Å²) < 4.78 is 13.4. The number of phenols is 1. The molecule has 0 aromatic heterocycles. The highest BCUT2D eigenvalue weighted by molar-refractivity contribution is 5.59. The Morgan fingerprint density at radius 3 is 2.42 bits per heavy atom. The summed E-state index contributed by atoms with van der Waals surface area (Å²) >= 11 is 0.